The average Bonchev–Trinajstić information content (AvgIpc) is 3.05. The van der Waals surface area contributed by atoms with Gasteiger partial charge < -0.3 is 28.6 Å². The van der Waals surface area contributed by atoms with Crippen LogP contribution in [0.2, 0.25) is 0 Å². The summed E-state index contributed by atoms with van der Waals surface area (Å²) in [6.07, 6.45) is 34.0. The van der Waals surface area contributed by atoms with Crippen LogP contribution in [0.5, 0.6) is 0 Å². The van der Waals surface area contributed by atoms with Crippen LogP contribution in [0.25, 0.3) is 0 Å². The van der Waals surface area contributed by atoms with Crippen molar-refractivity contribution < 1.29 is 38.2 Å². The number of ether oxygens (including phenoxy) is 3. The Kier molecular flexibility index (Phi) is 31.5. The zero-order chi connectivity index (χ0) is 36.4. The van der Waals surface area contributed by atoms with E-state index < -0.39 is 18.1 Å². The lowest BCUT2D eigenvalue weighted by Gasteiger charge is -2.34. The Morgan fingerprint density at radius 1 is 0.612 bits per heavy atom. The maximum absolute atomic E-state index is 12.6. The first-order valence-corrected chi connectivity index (χ1v) is 19.9. The van der Waals surface area contributed by atoms with E-state index >= 15 is 0 Å². The Bertz CT molecular complexity index is 864. The molecule has 0 spiro atoms. The zero-order valence-electron chi connectivity index (χ0n) is 32.4. The quantitative estimate of drug-likeness (QED) is 0.0283. The van der Waals surface area contributed by atoms with Gasteiger partial charge in [-0.1, -0.05) is 128 Å². The smallest absolute Gasteiger partial charge is 0.306 e. The SMILES string of the molecule is CCCCCCC/C=C\C/C=C\CCCCCCCCCCCC(=O)OC(COCCC(C(=O)[O-])[N+](C)(C)C)COC(=O)CCCCCC. The number of hydrogen-bond donors (Lipinski definition) is 0. The van der Waals surface area contributed by atoms with Crippen molar-refractivity contribution in [2.24, 2.45) is 0 Å². The van der Waals surface area contributed by atoms with Crippen molar-refractivity contribution in [1.29, 1.82) is 0 Å². The highest BCUT2D eigenvalue weighted by Gasteiger charge is 2.25. The monoisotopic (exact) mass is 694 g/mol. The molecule has 0 saturated heterocycles. The number of carboxylic acids is 1. The molecule has 0 aliphatic carbocycles. The molecule has 0 aromatic rings. The number of rotatable bonds is 35. The highest BCUT2D eigenvalue weighted by Crippen LogP contribution is 2.14. The predicted octanol–water partition coefficient (Wildman–Crippen LogP) is 8.80. The van der Waals surface area contributed by atoms with Crippen LogP contribution < -0.4 is 5.11 Å². The Morgan fingerprint density at radius 2 is 1.08 bits per heavy atom. The zero-order valence-corrected chi connectivity index (χ0v) is 32.4. The van der Waals surface area contributed by atoms with Gasteiger partial charge in [-0.2, -0.15) is 0 Å². The molecular formula is C41H75NO7. The molecule has 49 heavy (non-hydrogen) atoms. The van der Waals surface area contributed by atoms with Crippen LogP contribution >= 0.6 is 0 Å². The topological polar surface area (TPSA) is 102 Å². The molecule has 0 saturated carbocycles. The van der Waals surface area contributed by atoms with Gasteiger partial charge in [0.05, 0.1) is 40.3 Å². The van der Waals surface area contributed by atoms with Crippen molar-refractivity contribution in [3.05, 3.63) is 24.3 Å². The standard InChI is InChI=1S/C41H75NO7/c1-6-8-10-12-13-14-15-16-17-18-19-20-21-22-23-24-25-26-27-28-30-32-40(44)49-37(36-48-39(43)31-29-11-9-7-2)35-47-34-33-38(41(45)46)42(3,4)5/h15-16,18-19,37-38H,6-14,17,20-36H2,1-5H3/b16-15-,19-18-. The van der Waals surface area contributed by atoms with Crippen LogP contribution in [0.3, 0.4) is 0 Å². The molecule has 0 aliphatic heterocycles. The van der Waals surface area contributed by atoms with E-state index in [1.807, 2.05) is 0 Å². The minimum Gasteiger partial charge on any atom is -0.544 e. The summed E-state index contributed by atoms with van der Waals surface area (Å²) < 4.78 is 16.9. The van der Waals surface area contributed by atoms with Crippen LogP contribution in [-0.4, -0.2) is 75.5 Å². The lowest BCUT2D eigenvalue weighted by molar-refractivity contribution is -0.889. The maximum atomic E-state index is 12.6. The number of likely N-dealkylation sites (N-methyl/N-ethyl adjacent to an activating group) is 1. The molecule has 8 heteroatoms. The third-order valence-electron chi connectivity index (χ3n) is 8.84. The largest absolute Gasteiger partial charge is 0.544 e. The summed E-state index contributed by atoms with van der Waals surface area (Å²) >= 11 is 0. The molecule has 0 aliphatic rings. The number of quaternary nitrogens is 1. The summed E-state index contributed by atoms with van der Waals surface area (Å²) in [6.45, 7) is 4.52. The Labute approximate surface area is 301 Å². The molecule has 0 N–H and O–H groups in total. The van der Waals surface area contributed by atoms with Gasteiger partial charge in [-0.3, -0.25) is 9.59 Å². The second kappa shape index (κ2) is 33.0. The summed E-state index contributed by atoms with van der Waals surface area (Å²) in [5, 5.41) is 11.5. The fraction of sp³-hybridized carbons (Fsp3) is 0.829. The van der Waals surface area contributed by atoms with E-state index in [0.717, 1.165) is 51.4 Å². The number of carbonyl (C=O) groups excluding carboxylic acids is 3. The highest BCUT2D eigenvalue weighted by molar-refractivity contribution is 5.70. The van der Waals surface area contributed by atoms with E-state index in [4.69, 9.17) is 14.2 Å². The van der Waals surface area contributed by atoms with Crippen LogP contribution in [-0.2, 0) is 28.6 Å². The summed E-state index contributed by atoms with van der Waals surface area (Å²) in [5.74, 6) is -1.76. The molecule has 0 heterocycles. The molecule has 0 radical (unpaired) electrons. The van der Waals surface area contributed by atoms with Crippen molar-refractivity contribution >= 4 is 17.9 Å². The van der Waals surface area contributed by atoms with E-state index in [1.165, 1.54) is 83.5 Å². The van der Waals surface area contributed by atoms with E-state index in [-0.39, 0.29) is 42.7 Å². The third kappa shape index (κ3) is 31.5. The van der Waals surface area contributed by atoms with Crippen molar-refractivity contribution in [1.82, 2.24) is 0 Å². The summed E-state index contributed by atoms with van der Waals surface area (Å²) in [4.78, 5) is 36.3. The van der Waals surface area contributed by atoms with Gasteiger partial charge in [0.25, 0.3) is 0 Å². The Hall–Kier alpha value is -2.19. The fourth-order valence-electron chi connectivity index (χ4n) is 5.69. The minimum atomic E-state index is -1.13. The maximum Gasteiger partial charge on any atom is 0.306 e. The average molecular weight is 694 g/mol. The first-order valence-electron chi connectivity index (χ1n) is 19.9. The highest BCUT2D eigenvalue weighted by atomic mass is 16.6. The fourth-order valence-corrected chi connectivity index (χ4v) is 5.69. The number of hydrogen-bond acceptors (Lipinski definition) is 7. The first-order chi connectivity index (χ1) is 23.6. The molecule has 0 bridgehead atoms. The molecule has 2 atom stereocenters. The summed E-state index contributed by atoms with van der Waals surface area (Å²) in [5.41, 5.74) is 0. The predicted molar refractivity (Wildman–Crippen MR) is 199 cm³/mol. The molecule has 8 nitrogen and oxygen atoms in total. The number of allylic oxidation sites excluding steroid dienone is 4. The number of esters is 2. The van der Waals surface area contributed by atoms with Gasteiger partial charge >= 0.3 is 11.9 Å². The Balaban J connectivity index is 4.13. The summed E-state index contributed by atoms with van der Waals surface area (Å²) in [6, 6.07) is -0.721. The first kappa shape index (κ1) is 46.8. The molecule has 0 rings (SSSR count). The minimum absolute atomic E-state index is 0.0404. The normalized spacial score (nSPS) is 13.2. The third-order valence-corrected chi connectivity index (χ3v) is 8.84. The second-order valence-electron chi connectivity index (χ2n) is 14.5. The van der Waals surface area contributed by atoms with Gasteiger partial charge in [-0.25, -0.2) is 0 Å². The van der Waals surface area contributed by atoms with Crippen molar-refractivity contribution in [2.45, 2.75) is 180 Å². The molecule has 0 aromatic carbocycles. The number of carbonyl (C=O) groups is 3. The van der Waals surface area contributed by atoms with Crippen molar-refractivity contribution in [3.8, 4) is 0 Å². The van der Waals surface area contributed by atoms with Gasteiger partial charge in [0.2, 0.25) is 0 Å². The van der Waals surface area contributed by atoms with Gasteiger partial charge in [-0.15, -0.1) is 0 Å². The van der Waals surface area contributed by atoms with Crippen molar-refractivity contribution in [3.63, 3.8) is 0 Å². The van der Waals surface area contributed by atoms with Gasteiger partial charge in [-0.05, 0) is 44.9 Å². The van der Waals surface area contributed by atoms with E-state index in [2.05, 4.69) is 38.2 Å². The van der Waals surface area contributed by atoms with Gasteiger partial charge in [0.15, 0.2) is 6.10 Å². The van der Waals surface area contributed by atoms with E-state index in [9.17, 15) is 19.5 Å². The van der Waals surface area contributed by atoms with Gasteiger partial charge in [0.1, 0.15) is 12.6 Å². The van der Waals surface area contributed by atoms with Crippen LogP contribution in [0.15, 0.2) is 24.3 Å². The molecule has 0 amide bonds. The molecule has 0 aromatic heterocycles. The lowest BCUT2D eigenvalue weighted by Crippen LogP contribution is -2.55. The lowest BCUT2D eigenvalue weighted by atomic mass is 10.1. The molecule has 0 fully saturated rings. The van der Waals surface area contributed by atoms with E-state index in [1.54, 1.807) is 21.1 Å². The molecular weight excluding hydrogens is 618 g/mol. The number of nitrogens with zero attached hydrogens (tertiary/aromatic N) is 1. The molecule has 2 unspecified atom stereocenters. The number of unbranched alkanes of at least 4 members (excludes halogenated alkanes) is 17. The van der Waals surface area contributed by atoms with Crippen LogP contribution in [0.4, 0.5) is 0 Å². The number of aliphatic carboxylic acids is 1. The van der Waals surface area contributed by atoms with Crippen molar-refractivity contribution in [2.75, 3.05) is 41.0 Å². The second-order valence-corrected chi connectivity index (χ2v) is 14.5. The summed E-state index contributed by atoms with van der Waals surface area (Å²) in [7, 11) is 5.38. The van der Waals surface area contributed by atoms with Crippen LogP contribution in [0.1, 0.15) is 168 Å². The Morgan fingerprint density at radius 3 is 1.59 bits per heavy atom. The van der Waals surface area contributed by atoms with Crippen LogP contribution in [0, 0.1) is 0 Å². The number of carboxylic acid groups (broad SMARTS) is 1. The molecule has 286 valence electrons. The van der Waals surface area contributed by atoms with Gasteiger partial charge in [0, 0.05) is 19.3 Å². The van der Waals surface area contributed by atoms with E-state index in [0.29, 0.717) is 12.8 Å².